The summed E-state index contributed by atoms with van der Waals surface area (Å²) in [5.41, 5.74) is 5.10. The number of rotatable bonds is 5. The van der Waals surface area contributed by atoms with Crippen molar-refractivity contribution in [2.75, 3.05) is 24.2 Å². The van der Waals surface area contributed by atoms with Crippen LogP contribution in [0.25, 0.3) is 22.2 Å². The maximum atomic E-state index is 13.2. The number of aryl methyl sites for hydroxylation is 2. The fourth-order valence-corrected chi connectivity index (χ4v) is 7.27. The Bertz CT molecular complexity index is 1720. The van der Waals surface area contributed by atoms with Gasteiger partial charge in [-0.15, -0.1) is 0 Å². The number of nitrogens with zero attached hydrogens (tertiary/aromatic N) is 5. The summed E-state index contributed by atoms with van der Waals surface area (Å²) in [6.45, 7) is 4.66. The molecule has 0 aliphatic carbocycles. The Balaban J connectivity index is 1.48. The van der Waals surface area contributed by atoms with E-state index in [-0.39, 0.29) is 18.0 Å². The van der Waals surface area contributed by atoms with Crippen LogP contribution >= 0.6 is 23.2 Å². The highest BCUT2D eigenvalue weighted by atomic mass is 35.5. The topological polar surface area (TPSA) is 102 Å². The highest BCUT2D eigenvalue weighted by Crippen LogP contribution is 2.42. The minimum absolute atomic E-state index is 0.00898. The molecule has 2 aromatic carbocycles. The Kier molecular flexibility index (Phi) is 6.93. The molecule has 4 heterocycles. The van der Waals surface area contributed by atoms with Crippen LogP contribution < -0.4 is 4.90 Å². The molecule has 0 saturated carbocycles. The molecule has 2 aliphatic heterocycles. The zero-order chi connectivity index (χ0) is 28.3. The molecule has 0 N–H and O–H groups in total. The van der Waals surface area contributed by atoms with Crippen LogP contribution in [0, 0.1) is 13.8 Å². The molecule has 2 aliphatic rings. The summed E-state index contributed by atoms with van der Waals surface area (Å²) >= 11 is 12.5. The number of imidazole rings is 1. The van der Waals surface area contributed by atoms with Gasteiger partial charge in [-0.1, -0.05) is 34.4 Å². The molecule has 2 aromatic heterocycles. The third-order valence-electron chi connectivity index (χ3n) is 7.99. The number of halogens is 2. The van der Waals surface area contributed by atoms with Gasteiger partial charge in [0.05, 0.1) is 39.1 Å². The van der Waals surface area contributed by atoms with Crippen molar-refractivity contribution < 1.29 is 17.7 Å². The molecule has 12 heteroatoms. The Morgan fingerprint density at radius 2 is 1.75 bits per heavy atom. The monoisotopic (exact) mass is 601 g/mol. The molecule has 0 radical (unpaired) electrons. The quantitative estimate of drug-likeness (QED) is 0.275. The van der Waals surface area contributed by atoms with Crippen molar-refractivity contribution in [3.8, 4) is 11.1 Å². The summed E-state index contributed by atoms with van der Waals surface area (Å²) < 4.78 is 33.5. The van der Waals surface area contributed by atoms with Gasteiger partial charge in [0.25, 0.3) is 0 Å². The van der Waals surface area contributed by atoms with Crippen LogP contribution in [0.5, 0.6) is 0 Å². The van der Waals surface area contributed by atoms with Crippen molar-refractivity contribution >= 4 is 55.9 Å². The van der Waals surface area contributed by atoms with E-state index in [0.29, 0.717) is 54.5 Å². The van der Waals surface area contributed by atoms with Crippen LogP contribution in [-0.4, -0.2) is 52.7 Å². The summed E-state index contributed by atoms with van der Waals surface area (Å²) in [6, 6.07) is 11.1. The maximum absolute atomic E-state index is 13.2. The second-order valence-electron chi connectivity index (χ2n) is 10.6. The van der Waals surface area contributed by atoms with Gasteiger partial charge in [-0.25, -0.2) is 17.7 Å². The molecule has 0 bridgehead atoms. The SMILES string of the molecule is Cc1noc(C)c1-c1ccc2c(c1)nc([C@@H]1CCC(=O)N1c1ccc(Cl)c(Cl)c1)n2C1CCN(S(C)(=O)=O)CC1. The molecule has 0 spiro atoms. The second kappa shape index (κ2) is 10.2. The predicted octanol–water partition coefficient (Wildman–Crippen LogP) is 6.08. The lowest BCUT2D eigenvalue weighted by molar-refractivity contribution is -0.117. The number of aromatic nitrogens is 3. The zero-order valence-electron chi connectivity index (χ0n) is 22.4. The third kappa shape index (κ3) is 4.70. The van der Waals surface area contributed by atoms with E-state index in [2.05, 4.69) is 15.8 Å². The minimum atomic E-state index is -3.27. The number of piperidine rings is 1. The first-order valence-corrected chi connectivity index (χ1v) is 15.8. The van der Waals surface area contributed by atoms with Crippen LogP contribution in [0.1, 0.15) is 55.0 Å². The Hall–Kier alpha value is -2.92. The van der Waals surface area contributed by atoms with Crippen LogP contribution in [0.2, 0.25) is 10.0 Å². The lowest BCUT2D eigenvalue weighted by atomic mass is 10.0. The van der Waals surface area contributed by atoms with E-state index in [9.17, 15) is 13.2 Å². The first-order chi connectivity index (χ1) is 19.0. The number of amides is 1. The van der Waals surface area contributed by atoms with Crippen molar-refractivity contribution in [3.63, 3.8) is 0 Å². The zero-order valence-corrected chi connectivity index (χ0v) is 24.7. The van der Waals surface area contributed by atoms with Crippen molar-refractivity contribution in [1.29, 1.82) is 0 Å². The molecule has 0 unspecified atom stereocenters. The van der Waals surface area contributed by atoms with Gasteiger partial charge in [0.2, 0.25) is 15.9 Å². The number of anilines is 1. The van der Waals surface area contributed by atoms with E-state index in [4.69, 9.17) is 32.7 Å². The second-order valence-corrected chi connectivity index (χ2v) is 13.3. The Morgan fingerprint density at radius 1 is 1.00 bits per heavy atom. The summed E-state index contributed by atoms with van der Waals surface area (Å²) in [7, 11) is -3.27. The molecular formula is C28H29Cl2N5O4S. The first kappa shape index (κ1) is 27.3. The van der Waals surface area contributed by atoms with Crippen LogP contribution in [0.15, 0.2) is 40.9 Å². The minimum Gasteiger partial charge on any atom is -0.361 e. The summed E-state index contributed by atoms with van der Waals surface area (Å²) in [4.78, 5) is 20.1. The van der Waals surface area contributed by atoms with Crippen LogP contribution in [0.3, 0.4) is 0 Å². The first-order valence-electron chi connectivity index (χ1n) is 13.2. The molecule has 210 valence electrons. The third-order valence-corrected chi connectivity index (χ3v) is 10.0. The van der Waals surface area contributed by atoms with Gasteiger partial charge >= 0.3 is 0 Å². The average molecular weight is 603 g/mol. The highest BCUT2D eigenvalue weighted by Gasteiger charge is 2.39. The number of carbonyl (C=O) groups is 1. The normalized spacial score (nSPS) is 19.3. The van der Waals surface area contributed by atoms with Crippen molar-refractivity contribution in [1.82, 2.24) is 19.0 Å². The predicted molar refractivity (Wildman–Crippen MR) is 155 cm³/mol. The van der Waals surface area contributed by atoms with Gasteiger partial charge in [0, 0.05) is 36.8 Å². The summed E-state index contributed by atoms with van der Waals surface area (Å²) in [6.07, 6.45) is 3.52. The number of benzene rings is 2. The molecule has 9 nitrogen and oxygen atoms in total. The van der Waals surface area contributed by atoms with E-state index in [0.717, 1.165) is 39.4 Å². The molecule has 4 aromatic rings. The molecular weight excluding hydrogens is 573 g/mol. The van der Waals surface area contributed by atoms with Gasteiger partial charge in [-0.2, -0.15) is 0 Å². The van der Waals surface area contributed by atoms with E-state index in [1.165, 1.54) is 10.6 Å². The van der Waals surface area contributed by atoms with E-state index in [1.807, 2.05) is 26.0 Å². The van der Waals surface area contributed by atoms with Crippen molar-refractivity contribution in [2.45, 2.75) is 51.6 Å². The lowest BCUT2D eigenvalue weighted by Gasteiger charge is -2.34. The number of fused-ring (bicyclic) bond motifs is 1. The molecule has 40 heavy (non-hydrogen) atoms. The van der Waals surface area contributed by atoms with E-state index in [1.54, 1.807) is 23.1 Å². The van der Waals surface area contributed by atoms with E-state index >= 15 is 0 Å². The molecule has 6 rings (SSSR count). The average Bonchev–Trinajstić information content (AvgIpc) is 3.59. The number of carbonyl (C=O) groups excluding carboxylic acids is 1. The van der Waals surface area contributed by atoms with Gasteiger partial charge < -0.3 is 14.0 Å². The standard InChI is InChI=1S/C28H29Cl2N5O4S/c1-16-27(17(2)39-32-16)18-4-7-24-23(14-18)31-28(35(24)19-10-12-33(13-11-19)40(3,37)38)25-8-9-26(36)34(25)20-5-6-21(29)22(30)15-20/h4-7,14-15,19,25H,8-13H2,1-3H3/t25-/m0/s1. The van der Waals surface area contributed by atoms with Crippen molar-refractivity contribution in [3.05, 3.63) is 63.7 Å². The Labute approximate surface area is 242 Å². The maximum Gasteiger partial charge on any atom is 0.227 e. The molecule has 2 fully saturated rings. The van der Waals surface area contributed by atoms with Gasteiger partial charge in [0.15, 0.2) is 0 Å². The van der Waals surface area contributed by atoms with Crippen LogP contribution in [0.4, 0.5) is 5.69 Å². The highest BCUT2D eigenvalue weighted by molar-refractivity contribution is 7.88. The smallest absolute Gasteiger partial charge is 0.227 e. The molecule has 2 saturated heterocycles. The number of hydrogen-bond acceptors (Lipinski definition) is 6. The fourth-order valence-electron chi connectivity index (χ4n) is 6.11. The number of hydrogen-bond donors (Lipinski definition) is 0. The fraction of sp³-hybridized carbons (Fsp3) is 0.393. The molecule has 1 atom stereocenters. The Morgan fingerprint density at radius 3 is 2.40 bits per heavy atom. The van der Waals surface area contributed by atoms with Gasteiger partial charge in [0.1, 0.15) is 11.6 Å². The summed E-state index contributed by atoms with van der Waals surface area (Å²) in [5.74, 6) is 1.50. The molecule has 1 amide bonds. The van der Waals surface area contributed by atoms with E-state index < -0.39 is 10.0 Å². The lowest BCUT2D eigenvalue weighted by Crippen LogP contribution is -2.39. The van der Waals surface area contributed by atoms with Gasteiger partial charge in [-0.05, 0) is 69.0 Å². The summed E-state index contributed by atoms with van der Waals surface area (Å²) in [5, 5.41) is 4.90. The largest absolute Gasteiger partial charge is 0.361 e. The van der Waals surface area contributed by atoms with Crippen molar-refractivity contribution in [2.24, 2.45) is 0 Å². The van der Waals surface area contributed by atoms with Crippen LogP contribution in [-0.2, 0) is 14.8 Å². The van der Waals surface area contributed by atoms with Gasteiger partial charge in [-0.3, -0.25) is 4.79 Å². The number of sulfonamides is 1.